The normalized spacial score (nSPS) is 13.3. The molecular formula is C19H31FN2O3. The van der Waals surface area contributed by atoms with Gasteiger partial charge in [-0.25, -0.2) is 4.39 Å². The second-order valence-electron chi connectivity index (χ2n) is 6.37. The van der Waals surface area contributed by atoms with Crippen LogP contribution in [0.2, 0.25) is 0 Å². The van der Waals surface area contributed by atoms with E-state index in [1.807, 2.05) is 0 Å². The SMILES string of the molecule is CCCCCCCOc1cc(F)cc(C[C@H](NC(C)=O)[C@H](O)CN)c1. The molecular weight excluding hydrogens is 323 g/mol. The van der Waals surface area contributed by atoms with Crippen molar-refractivity contribution in [3.8, 4) is 5.75 Å². The number of carbonyl (C=O) groups excluding carboxylic acids is 1. The van der Waals surface area contributed by atoms with E-state index in [-0.39, 0.29) is 18.9 Å². The molecule has 0 heterocycles. The zero-order chi connectivity index (χ0) is 18.7. The standard InChI is InChI=1S/C19H31FN2O3/c1-3-4-5-6-7-8-25-17-10-15(9-16(20)12-17)11-18(19(24)13-21)22-14(2)23/h9-10,12,18-19,24H,3-8,11,13,21H2,1-2H3,(H,22,23)/t18-,19+/m0/s1. The summed E-state index contributed by atoms with van der Waals surface area (Å²) in [5.41, 5.74) is 6.12. The van der Waals surface area contributed by atoms with Crippen molar-refractivity contribution in [2.24, 2.45) is 5.73 Å². The first-order valence-electron chi connectivity index (χ1n) is 9.03. The molecule has 0 aliphatic rings. The summed E-state index contributed by atoms with van der Waals surface area (Å²) in [5, 5.41) is 12.6. The van der Waals surface area contributed by atoms with E-state index in [1.165, 1.54) is 38.3 Å². The lowest BCUT2D eigenvalue weighted by molar-refractivity contribution is -0.120. The van der Waals surface area contributed by atoms with Gasteiger partial charge in [0, 0.05) is 19.5 Å². The molecule has 25 heavy (non-hydrogen) atoms. The fraction of sp³-hybridized carbons (Fsp3) is 0.632. The number of hydrogen-bond acceptors (Lipinski definition) is 4. The number of nitrogens with two attached hydrogens (primary N) is 1. The minimum absolute atomic E-state index is 0.0153. The van der Waals surface area contributed by atoms with E-state index in [0.717, 1.165) is 12.8 Å². The molecule has 0 saturated heterocycles. The summed E-state index contributed by atoms with van der Waals surface area (Å²) >= 11 is 0. The van der Waals surface area contributed by atoms with Crippen LogP contribution in [-0.4, -0.2) is 36.3 Å². The Kier molecular flexibility index (Phi) is 10.1. The third kappa shape index (κ3) is 8.84. The number of aliphatic hydroxyl groups is 1. The van der Waals surface area contributed by atoms with Crippen LogP contribution in [0.25, 0.3) is 0 Å². The van der Waals surface area contributed by atoms with Gasteiger partial charge in [0.1, 0.15) is 11.6 Å². The molecule has 0 fully saturated rings. The second kappa shape index (κ2) is 11.8. The zero-order valence-electron chi connectivity index (χ0n) is 15.3. The van der Waals surface area contributed by atoms with Crippen LogP contribution in [0, 0.1) is 5.82 Å². The molecule has 0 radical (unpaired) electrons. The van der Waals surface area contributed by atoms with Gasteiger partial charge in [0.2, 0.25) is 5.91 Å². The summed E-state index contributed by atoms with van der Waals surface area (Å²) in [4.78, 5) is 11.3. The molecule has 0 aliphatic heterocycles. The summed E-state index contributed by atoms with van der Waals surface area (Å²) in [6, 6.07) is 3.91. The van der Waals surface area contributed by atoms with E-state index < -0.39 is 18.0 Å². The molecule has 6 heteroatoms. The van der Waals surface area contributed by atoms with Gasteiger partial charge in [0.05, 0.1) is 18.8 Å². The van der Waals surface area contributed by atoms with Crippen LogP contribution in [0.5, 0.6) is 5.75 Å². The lowest BCUT2D eigenvalue weighted by Crippen LogP contribution is -2.47. The van der Waals surface area contributed by atoms with Crippen LogP contribution in [0.1, 0.15) is 51.5 Å². The van der Waals surface area contributed by atoms with E-state index >= 15 is 0 Å². The Morgan fingerprint density at radius 3 is 2.64 bits per heavy atom. The Bertz CT molecular complexity index is 525. The molecule has 4 N–H and O–H groups in total. The Morgan fingerprint density at radius 2 is 2.00 bits per heavy atom. The van der Waals surface area contributed by atoms with Gasteiger partial charge in [-0.1, -0.05) is 32.6 Å². The van der Waals surface area contributed by atoms with E-state index in [0.29, 0.717) is 17.9 Å². The van der Waals surface area contributed by atoms with Crippen molar-refractivity contribution in [1.29, 1.82) is 0 Å². The van der Waals surface area contributed by atoms with Crippen molar-refractivity contribution < 1.29 is 19.0 Å². The summed E-state index contributed by atoms with van der Waals surface area (Å²) in [6.45, 7) is 4.10. The molecule has 2 atom stereocenters. The van der Waals surface area contributed by atoms with Gasteiger partial charge >= 0.3 is 0 Å². The van der Waals surface area contributed by atoms with Crippen LogP contribution >= 0.6 is 0 Å². The number of halogens is 1. The minimum Gasteiger partial charge on any atom is -0.493 e. The highest BCUT2D eigenvalue weighted by atomic mass is 19.1. The van der Waals surface area contributed by atoms with Gasteiger partial charge in [-0.2, -0.15) is 0 Å². The highest BCUT2D eigenvalue weighted by Crippen LogP contribution is 2.19. The number of unbranched alkanes of at least 4 members (excludes halogenated alkanes) is 4. The molecule has 1 rings (SSSR count). The molecule has 0 bridgehead atoms. The van der Waals surface area contributed by atoms with Crippen molar-refractivity contribution in [1.82, 2.24) is 5.32 Å². The largest absolute Gasteiger partial charge is 0.493 e. The molecule has 0 saturated carbocycles. The number of benzene rings is 1. The van der Waals surface area contributed by atoms with Crippen molar-refractivity contribution in [2.45, 2.75) is 64.5 Å². The van der Waals surface area contributed by atoms with Crippen molar-refractivity contribution in [3.63, 3.8) is 0 Å². The van der Waals surface area contributed by atoms with E-state index in [2.05, 4.69) is 12.2 Å². The number of ether oxygens (including phenoxy) is 1. The van der Waals surface area contributed by atoms with Crippen LogP contribution in [0.15, 0.2) is 18.2 Å². The van der Waals surface area contributed by atoms with Gasteiger partial charge < -0.3 is 20.9 Å². The maximum Gasteiger partial charge on any atom is 0.217 e. The fourth-order valence-corrected chi connectivity index (χ4v) is 2.68. The lowest BCUT2D eigenvalue weighted by atomic mass is 10.0. The van der Waals surface area contributed by atoms with Gasteiger partial charge in [-0.3, -0.25) is 4.79 Å². The molecule has 1 aromatic carbocycles. The third-order valence-corrected chi connectivity index (χ3v) is 4.00. The van der Waals surface area contributed by atoms with Crippen molar-refractivity contribution >= 4 is 5.91 Å². The van der Waals surface area contributed by atoms with Gasteiger partial charge in [0.25, 0.3) is 0 Å². The number of aliphatic hydroxyl groups excluding tert-OH is 1. The van der Waals surface area contributed by atoms with E-state index in [1.54, 1.807) is 6.07 Å². The van der Waals surface area contributed by atoms with Crippen LogP contribution in [0.3, 0.4) is 0 Å². The van der Waals surface area contributed by atoms with Gasteiger partial charge in [-0.05, 0) is 30.5 Å². The molecule has 1 aromatic rings. The average Bonchev–Trinajstić information content (AvgIpc) is 2.55. The molecule has 5 nitrogen and oxygen atoms in total. The average molecular weight is 354 g/mol. The van der Waals surface area contributed by atoms with Crippen molar-refractivity contribution in [2.75, 3.05) is 13.2 Å². The summed E-state index contributed by atoms with van der Waals surface area (Å²) in [5.74, 6) is -0.200. The van der Waals surface area contributed by atoms with Crippen molar-refractivity contribution in [3.05, 3.63) is 29.6 Å². The topological polar surface area (TPSA) is 84.6 Å². The number of hydrogen-bond donors (Lipinski definition) is 3. The highest BCUT2D eigenvalue weighted by molar-refractivity contribution is 5.73. The fourth-order valence-electron chi connectivity index (χ4n) is 2.68. The number of amides is 1. The van der Waals surface area contributed by atoms with Crippen LogP contribution in [0.4, 0.5) is 4.39 Å². The van der Waals surface area contributed by atoms with E-state index in [4.69, 9.17) is 10.5 Å². The quantitative estimate of drug-likeness (QED) is 0.504. The molecule has 142 valence electrons. The first kappa shape index (κ1) is 21.4. The van der Waals surface area contributed by atoms with Crippen LogP contribution in [-0.2, 0) is 11.2 Å². The first-order valence-corrected chi connectivity index (χ1v) is 9.03. The first-order chi connectivity index (χ1) is 12.0. The maximum atomic E-state index is 13.8. The number of carbonyl (C=O) groups is 1. The Labute approximate surface area is 149 Å². The zero-order valence-corrected chi connectivity index (χ0v) is 15.3. The third-order valence-electron chi connectivity index (χ3n) is 4.00. The predicted molar refractivity (Wildman–Crippen MR) is 97.0 cm³/mol. The summed E-state index contributed by atoms with van der Waals surface area (Å²) in [7, 11) is 0. The summed E-state index contributed by atoms with van der Waals surface area (Å²) in [6.07, 6.45) is 5.02. The number of nitrogens with one attached hydrogen (secondary N) is 1. The minimum atomic E-state index is -0.893. The molecule has 0 aromatic heterocycles. The Balaban J connectivity index is 2.64. The second-order valence-corrected chi connectivity index (χ2v) is 6.37. The Morgan fingerprint density at radius 1 is 1.28 bits per heavy atom. The summed E-state index contributed by atoms with van der Waals surface area (Å²) < 4.78 is 19.5. The smallest absolute Gasteiger partial charge is 0.217 e. The maximum absolute atomic E-state index is 13.8. The Hall–Kier alpha value is -1.66. The molecule has 0 spiro atoms. The predicted octanol–water partition coefficient (Wildman–Crippen LogP) is 2.54. The molecule has 0 aliphatic carbocycles. The lowest BCUT2D eigenvalue weighted by Gasteiger charge is -2.23. The van der Waals surface area contributed by atoms with E-state index in [9.17, 15) is 14.3 Å². The monoisotopic (exact) mass is 354 g/mol. The molecule has 1 amide bonds. The number of rotatable bonds is 12. The van der Waals surface area contributed by atoms with Gasteiger partial charge in [-0.15, -0.1) is 0 Å². The van der Waals surface area contributed by atoms with Gasteiger partial charge in [0.15, 0.2) is 0 Å². The highest BCUT2D eigenvalue weighted by Gasteiger charge is 2.20. The molecule has 0 unspecified atom stereocenters. The van der Waals surface area contributed by atoms with Crippen LogP contribution < -0.4 is 15.8 Å².